The second-order valence-corrected chi connectivity index (χ2v) is 9.34. The fourth-order valence-electron chi connectivity index (χ4n) is 3.85. The monoisotopic (exact) mass is 559 g/mol. The number of halogens is 1. The van der Waals surface area contributed by atoms with Crippen molar-refractivity contribution in [2.45, 2.75) is 26.7 Å². The Kier molecular flexibility index (Phi) is 8.76. The Hall–Kier alpha value is -4.76. The van der Waals surface area contributed by atoms with Crippen LogP contribution in [-0.2, 0) is 14.3 Å². The highest BCUT2D eigenvalue weighted by Gasteiger charge is 2.39. The van der Waals surface area contributed by atoms with Gasteiger partial charge in [-0.05, 0) is 74.0 Å². The first kappa shape index (κ1) is 28.3. The zero-order chi connectivity index (χ0) is 28.8. The number of carbonyl (C=O) groups is 5. The van der Waals surface area contributed by atoms with E-state index >= 15 is 0 Å². The number of benzene rings is 3. The lowest BCUT2D eigenvalue weighted by molar-refractivity contribution is -0.120. The molecule has 40 heavy (non-hydrogen) atoms. The van der Waals surface area contributed by atoms with Gasteiger partial charge in [-0.25, -0.2) is 9.69 Å². The minimum Gasteiger partial charge on any atom is -0.462 e. The molecule has 10 heteroatoms. The van der Waals surface area contributed by atoms with Crippen molar-refractivity contribution in [2.75, 3.05) is 22.1 Å². The van der Waals surface area contributed by atoms with Crippen molar-refractivity contribution >= 4 is 58.1 Å². The first-order valence-corrected chi connectivity index (χ1v) is 12.9. The second-order valence-electron chi connectivity index (χ2n) is 8.96. The van der Waals surface area contributed by atoms with Gasteiger partial charge in [0.25, 0.3) is 17.7 Å². The average molecular weight is 560 g/mol. The van der Waals surface area contributed by atoms with E-state index in [1.807, 2.05) is 6.92 Å². The summed E-state index contributed by atoms with van der Waals surface area (Å²) in [7, 11) is 0. The van der Waals surface area contributed by atoms with Crippen LogP contribution in [0, 0.1) is 0 Å². The summed E-state index contributed by atoms with van der Waals surface area (Å²) in [5, 5.41) is 5.30. The third-order valence-corrected chi connectivity index (χ3v) is 6.41. The summed E-state index contributed by atoms with van der Waals surface area (Å²) < 4.78 is 5.18. The second kappa shape index (κ2) is 12.4. The van der Waals surface area contributed by atoms with Gasteiger partial charge >= 0.3 is 5.97 Å². The predicted molar refractivity (Wildman–Crippen MR) is 151 cm³/mol. The van der Waals surface area contributed by atoms with E-state index in [0.717, 1.165) is 17.7 Å². The van der Waals surface area contributed by atoms with Crippen LogP contribution in [0.4, 0.5) is 17.1 Å². The van der Waals surface area contributed by atoms with Crippen molar-refractivity contribution in [1.82, 2.24) is 0 Å². The lowest BCUT2D eigenvalue weighted by Crippen LogP contribution is -2.32. The smallest absolute Gasteiger partial charge is 0.338 e. The fourth-order valence-corrected chi connectivity index (χ4v) is 4.07. The Bertz CT molecular complexity index is 1510. The van der Waals surface area contributed by atoms with Gasteiger partial charge in [-0.15, -0.1) is 0 Å². The van der Waals surface area contributed by atoms with Crippen molar-refractivity contribution in [1.29, 1.82) is 0 Å². The average Bonchev–Trinajstić information content (AvgIpc) is 3.16. The predicted octanol–water partition coefficient (Wildman–Crippen LogP) is 5.53. The van der Waals surface area contributed by atoms with E-state index < -0.39 is 17.8 Å². The lowest BCUT2D eigenvalue weighted by Gasteiger charge is -2.15. The van der Waals surface area contributed by atoms with Crippen molar-refractivity contribution in [3.05, 3.63) is 100 Å². The van der Waals surface area contributed by atoms with E-state index in [0.29, 0.717) is 34.7 Å². The van der Waals surface area contributed by atoms with Gasteiger partial charge in [0.05, 0.1) is 17.9 Å². The number of esters is 1. The van der Waals surface area contributed by atoms with Gasteiger partial charge in [0.15, 0.2) is 5.78 Å². The summed E-state index contributed by atoms with van der Waals surface area (Å²) in [6.45, 7) is 3.75. The highest BCUT2D eigenvalue weighted by molar-refractivity contribution is 6.53. The molecule has 9 nitrogen and oxygen atoms in total. The fraction of sp³-hybridized carbons (Fsp3) is 0.167. The highest BCUT2D eigenvalue weighted by atomic mass is 35.5. The summed E-state index contributed by atoms with van der Waals surface area (Å²) in [6.07, 6.45) is 1.65. The molecular formula is C30H26ClN3O6. The number of ketones is 1. The van der Waals surface area contributed by atoms with Crippen LogP contribution in [0.3, 0.4) is 0 Å². The molecule has 3 amide bonds. The number of nitrogens with zero attached hydrogens (tertiary/aromatic N) is 1. The lowest BCUT2D eigenvalue weighted by atomic mass is 10.1. The Morgan fingerprint density at radius 1 is 0.850 bits per heavy atom. The largest absolute Gasteiger partial charge is 0.462 e. The molecule has 1 aliphatic heterocycles. The van der Waals surface area contributed by atoms with Crippen molar-refractivity contribution in [3.63, 3.8) is 0 Å². The zero-order valence-electron chi connectivity index (χ0n) is 21.8. The normalized spacial score (nSPS) is 12.9. The molecule has 0 bridgehead atoms. The van der Waals surface area contributed by atoms with E-state index in [2.05, 4.69) is 10.6 Å². The summed E-state index contributed by atoms with van der Waals surface area (Å²) >= 11 is 6.22. The van der Waals surface area contributed by atoms with Crippen LogP contribution in [-0.4, -0.2) is 36.1 Å². The quantitative estimate of drug-likeness (QED) is 0.145. The molecular weight excluding hydrogens is 534 g/mol. The standard InChI is InChI=1S/C30H26ClN3O6/c1-3-4-16-40-30(39)20-10-14-24(15-11-20)34-28(37)25(31)26(29(34)38)32-22-12-8-19(9-13-22)27(36)33-23-7-5-6-21(17-23)18(2)35/h5-15,17,32H,3-4,16H2,1-2H3,(H,33,36). The molecule has 0 atom stereocenters. The van der Waals surface area contributed by atoms with Gasteiger partial charge in [0.2, 0.25) is 0 Å². The minimum atomic E-state index is -0.712. The molecule has 3 aromatic rings. The summed E-state index contributed by atoms with van der Waals surface area (Å²) in [5.41, 5.74) is 2.15. The number of ether oxygens (including phenoxy) is 1. The number of hydrogen-bond donors (Lipinski definition) is 2. The number of unbranched alkanes of at least 4 members (excludes halogenated alkanes) is 1. The van der Waals surface area contributed by atoms with Gasteiger partial charge < -0.3 is 15.4 Å². The van der Waals surface area contributed by atoms with Crippen molar-refractivity contribution in [2.24, 2.45) is 0 Å². The van der Waals surface area contributed by atoms with Crippen LogP contribution in [0.25, 0.3) is 0 Å². The van der Waals surface area contributed by atoms with Crippen LogP contribution < -0.4 is 15.5 Å². The molecule has 204 valence electrons. The Morgan fingerprint density at radius 2 is 1.52 bits per heavy atom. The molecule has 2 N–H and O–H groups in total. The van der Waals surface area contributed by atoms with Gasteiger partial charge in [0, 0.05) is 22.5 Å². The summed E-state index contributed by atoms with van der Waals surface area (Å²) in [6, 6.07) is 18.7. The van der Waals surface area contributed by atoms with Crippen LogP contribution in [0.5, 0.6) is 0 Å². The molecule has 0 radical (unpaired) electrons. The molecule has 0 aromatic heterocycles. The van der Waals surface area contributed by atoms with Gasteiger partial charge in [-0.1, -0.05) is 37.1 Å². The molecule has 0 aliphatic carbocycles. The van der Waals surface area contributed by atoms with Crippen molar-refractivity contribution in [3.8, 4) is 0 Å². The summed E-state index contributed by atoms with van der Waals surface area (Å²) in [5.74, 6) is -2.37. The number of imide groups is 1. The van der Waals surface area contributed by atoms with E-state index in [-0.39, 0.29) is 28.1 Å². The highest BCUT2D eigenvalue weighted by Crippen LogP contribution is 2.30. The number of rotatable bonds is 10. The number of amides is 3. The van der Waals surface area contributed by atoms with E-state index in [4.69, 9.17) is 16.3 Å². The van der Waals surface area contributed by atoms with Gasteiger partial charge in [0.1, 0.15) is 10.7 Å². The van der Waals surface area contributed by atoms with E-state index in [1.165, 1.54) is 43.3 Å². The van der Waals surface area contributed by atoms with Crippen LogP contribution in [0.15, 0.2) is 83.5 Å². The van der Waals surface area contributed by atoms with E-state index in [1.54, 1.807) is 36.4 Å². The first-order chi connectivity index (χ1) is 19.2. The summed E-state index contributed by atoms with van der Waals surface area (Å²) in [4.78, 5) is 63.2. The Labute approximate surface area is 235 Å². The van der Waals surface area contributed by atoms with Gasteiger partial charge in [-0.3, -0.25) is 19.2 Å². The first-order valence-electron chi connectivity index (χ1n) is 12.5. The maximum absolute atomic E-state index is 13.1. The Balaban J connectivity index is 1.42. The number of hydrogen-bond acceptors (Lipinski definition) is 7. The Morgan fingerprint density at radius 3 is 2.17 bits per heavy atom. The molecule has 1 aliphatic rings. The topological polar surface area (TPSA) is 122 Å². The third-order valence-electron chi connectivity index (χ3n) is 6.06. The maximum Gasteiger partial charge on any atom is 0.338 e. The molecule has 1 heterocycles. The molecule has 4 rings (SSSR count). The maximum atomic E-state index is 13.1. The third kappa shape index (κ3) is 6.27. The number of Topliss-reactive ketones (excluding diaryl/α,β-unsaturated/α-hetero) is 1. The van der Waals surface area contributed by atoms with Crippen molar-refractivity contribution < 1.29 is 28.7 Å². The molecule has 0 saturated carbocycles. The molecule has 3 aromatic carbocycles. The number of nitrogens with one attached hydrogen (secondary N) is 2. The zero-order valence-corrected chi connectivity index (χ0v) is 22.6. The van der Waals surface area contributed by atoms with E-state index in [9.17, 15) is 24.0 Å². The molecule has 0 saturated heterocycles. The van der Waals surface area contributed by atoms with Crippen LogP contribution in [0.2, 0.25) is 0 Å². The van der Waals surface area contributed by atoms with Gasteiger partial charge in [-0.2, -0.15) is 0 Å². The molecule has 0 unspecified atom stereocenters. The van der Waals surface area contributed by atoms with Crippen LogP contribution in [0.1, 0.15) is 57.8 Å². The SMILES string of the molecule is CCCCOC(=O)c1ccc(N2C(=O)C(Cl)=C(Nc3ccc(C(=O)Nc4cccc(C(C)=O)c4)cc3)C2=O)cc1. The molecule has 0 spiro atoms. The number of anilines is 3. The minimum absolute atomic E-state index is 0.113. The van der Waals surface area contributed by atoms with Crippen LogP contribution >= 0.6 is 11.6 Å². The number of carbonyl (C=O) groups excluding carboxylic acids is 5. The molecule has 0 fully saturated rings.